The molecule has 3 N–H and O–H groups in total. The summed E-state index contributed by atoms with van der Waals surface area (Å²) >= 11 is 0. The molecule has 4 nitrogen and oxygen atoms in total. The molecule has 68 valence electrons. The van der Waals surface area contributed by atoms with Gasteiger partial charge in [0, 0.05) is 11.8 Å². The molecule has 1 aromatic rings. The molecule has 0 atom stereocenters. The van der Waals surface area contributed by atoms with Crippen LogP contribution in [0.5, 0.6) is 5.75 Å². The van der Waals surface area contributed by atoms with Crippen molar-refractivity contribution in [1.82, 2.24) is 0 Å². The van der Waals surface area contributed by atoms with E-state index in [0.29, 0.717) is 5.70 Å². The summed E-state index contributed by atoms with van der Waals surface area (Å²) in [5.74, 6) is 0.723. The fraction of sp³-hybridized carbons (Fsp3) is 0.111. The van der Waals surface area contributed by atoms with Gasteiger partial charge in [0.15, 0.2) is 0 Å². The maximum atomic E-state index is 6.86. The summed E-state index contributed by atoms with van der Waals surface area (Å²) in [7, 11) is 1.59. The first-order chi connectivity index (χ1) is 6.31. The monoisotopic (exact) mass is 177 g/mol. The van der Waals surface area contributed by atoms with E-state index in [1.165, 1.54) is 6.20 Å². The molecular formula is C9H11N3O. The molecule has 0 aliphatic heterocycles. The van der Waals surface area contributed by atoms with Crippen molar-refractivity contribution in [3.63, 3.8) is 0 Å². The summed E-state index contributed by atoms with van der Waals surface area (Å²) in [5, 5.41) is 3.28. The third kappa shape index (κ3) is 2.05. The first-order valence-electron chi connectivity index (χ1n) is 3.75. The van der Waals surface area contributed by atoms with Crippen LogP contribution in [0.15, 0.2) is 35.6 Å². The van der Waals surface area contributed by atoms with Crippen LogP contribution in [0.1, 0.15) is 5.56 Å². The molecule has 0 unspecified atom stereocenters. The second-order valence-electron chi connectivity index (χ2n) is 2.40. The molecule has 0 heterocycles. The lowest BCUT2D eigenvalue weighted by atomic mass is 10.1. The molecule has 4 heteroatoms. The van der Waals surface area contributed by atoms with Gasteiger partial charge in [-0.15, -0.1) is 0 Å². The Bertz CT molecular complexity index is 333. The number of methoxy groups -OCH3 is 1. The highest BCUT2D eigenvalue weighted by Crippen LogP contribution is 2.19. The van der Waals surface area contributed by atoms with Crippen LogP contribution < -0.4 is 10.5 Å². The molecule has 0 fully saturated rings. The maximum absolute atomic E-state index is 6.86. The van der Waals surface area contributed by atoms with Gasteiger partial charge in [-0.2, -0.15) is 5.11 Å². The Morgan fingerprint density at radius 1 is 1.62 bits per heavy atom. The number of ether oxygens (including phenoxy) is 1. The number of nitrogens with one attached hydrogen (secondary N) is 1. The first kappa shape index (κ1) is 9.25. The summed E-state index contributed by atoms with van der Waals surface area (Å²) in [4.78, 5) is 0. The highest BCUT2D eigenvalue weighted by molar-refractivity contribution is 5.64. The van der Waals surface area contributed by atoms with Gasteiger partial charge in [0.2, 0.25) is 0 Å². The summed E-state index contributed by atoms with van der Waals surface area (Å²) in [6.07, 6.45) is 1.29. The quantitative estimate of drug-likeness (QED) is 0.693. The van der Waals surface area contributed by atoms with Crippen LogP contribution in [0.25, 0.3) is 5.70 Å². The van der Waals surface area contributed by atoms with Crippen molar-refractivity contribution < 1.29 is 4.74 Å². The molecule has 1 aromatic carbocycles. The van der Waals surface area contributed by atoms with Gasteiger partial charge in [-0.25, -0.2) is 5.53 Å². The van der Waals surface area contributed by atoms with Crippen molar-refractivity contribution in [3.05, 3.63) is 36.0 Å². The van der Waals surface area contributed by atoms with E-state index in [-0.39, 0.29) is 0 Å². The second kappa shape index (κ2) is 4.25. The summed E-state index contributed by atoms with van der Waals surface area (Å²) in [6, 6.07) is 7.24. The Morgan fingerprint density at radius 3 is 2.92 bits per heavy atom. The Kier molecular flexibility index (Phi) is 3.03. The third-order valence-electron chi connectivity index (χ3n) is 1.64. The van der Waals surface area contributed by atoms with Crippen molar-refractivity contribution in [3.8, 4) is 5.75 Å². The Hall–Kier alpha value is -1.84. The van der Waals surface area contributed by atoms with Crippen LogP contribution in [-0.2, 0) is 0 Å². The van der Waals surface area contributed by atoms with E-state index in [0.717, 1.165) is 11.3 Å². The normalized spacial score (nSPS) is 11.0. The smallest absolute Gasteiger partial charge is 0.119 e. The minimum absolute atomic E-state index is 0.430. The Balaban J connectivity index is 3.07. The van der Waals surface area contributed by atoms with Gasteiger partial charge < -0.3 is 10.5 Å². The predicted molar refractivity (Wildman–Crippen MR) is 50.3 cm³/mol. The highest BCUT2D eigenvalue weighted by atomic mass is 16.5. The zero-order chi connectivity index (χ0) is 9.68. The SMILES string of the molecule is COc1cccc(/C(=C/N)N=N)c1. The summed E-state index contributed by atoms with van der Waals surface area (Å²) < 4.78 is 5.02. The van der Waals surface area contributed by atoms with Crippen molar-refractivity contribution in [2.45, 2.75) is 0 Å². The average molecular weight is 177 g/mol. The molecule has 0 saturated heterocycles. The van der Waals surface area contributed by atoms with Gasteiger partial charge in [0.25, 0.3) is 0 Å². The van der Waals surface area contributed by atoms with E-state index in [1.807, 2.05) is 18.2 Å². The van der Waals surface area contributed by atoms with Crippen LogP contribution in [0.4, 0.5) is 0 Å². The number of hydrogen-bond donors (Lipinski definition) is 2. The van der Waals surface area contributed by atoms with E-state index in [2.05, 4.69) is 5.11 Å². The fourth-order valence-electron chi connectivity index (χ4n) is 0.980. The van der Waals surface area contributed by atoms with E-state index < -0.39 is 0 Å². The molecule has 0 radical (unpaired) electrons. The molecule has 0 amide bonds. The molecule has 0 aliphatic rings. The number of rotatable bonds is 3. The predicted octanol–water partition coefficient (Wildman–Crippen LogP) is 1.98. The summed E-state index contributed by atoms with van der Waals surface area (Å²) in [6.45, 7) is 0. The molecule has 1 rings (SSSR count). The molecule has 0 bridgehead atoms. The van der Waals surface area contributed by atoms with Crippen LogP contribution in [0.3, 0.4) is 0 Å². The standard InChI is InChI=1S/C9H11N3O/c1-13-8-4-2-3-7(5-8)9(6-10)12-11/h2-6,11H,10H2,1H3/b9-6-,12-11?. The van der Waals surface area contributed by atoms with Crippen LogP contribution in [0.2, 0.25) is 0 Å². The van der Waals surface area contributed by atoms with Crippen molar-refractivity contribution in [2.24, 2.45) is 10.8 Å². The van der Waals surface area contributed by atoms with Gasteiger partial charge in [0.1, 0.15) is 11.4 Å². The minimum Gasteiger partial charge on any atom is -0.497 e. The molecule has 0 spiro atoms. The Labute approximate surface area is 76.5 Å². The lowest BCUT2D eigenvalue weighted by Crippen LogP contribution is -1.88. The fourth-order valence-corrected chi connectivity index (χ4v) is 0.980. The molecular weight excluding hydrogens is 166 g/mol. The minimum atomic E-state index is 0.430. The third-order valence-corrected chi connectivity index (χ3v) is 1.64. The van der Waals surface area contributed by atoms with Crippen molar-refractivity contribution in [2.75, 3.05) is 7.11 Å². The number of hydrogen-bond acceptors (Lipinski definition) is 4. The van der Waals surface area contributed by atoms with Gasteiger partial charge >= 0.3 is 0 Å². The lowest BCUT2D eigenvalue weighted by Gasteiger charge is -2.02. The van der Waals surface area contributed by atoms with Gasteiger partial charge in [-0.1, -0.05) is 12.1 Å². The van der Waals surface area contributed by atoms with E-state index in [4.69, 9.17) is 16.0 Å². The topological polar surface area (TPSA) is 71.5 Å². The zero-order valence-electron chi connectivity index (χ0n) is 7.32. The molecule has 0 saturated carbocycles. The lowest BCUT2D eigenvalue weighted by molar-refractivity contribution is 0.414. The van der Waals surface area contributed by atoms with Gasteiger partial charge in [-0.3, -0.25) is 0 Å². The van der Waals surface area contributed by atoms with Gasteiger partial charge in [-0.05, 0) is 12.1 Å². The average Bonchev–Trinajstić information content (AvgIpc) is 2.20. The number of benzene rings is 1. The van der Waals surface area contributed by atoms with Crippen LogP contribution >= 0.6 is 0 Å². The zero-order valence-corrected chi connectivity index (χ0v) is 7.32. The van der Waals surface area contributed by atoms with Crippen molar-refractivity contribution >= 4 is 5.70 Å². The molecule has 13 heavy (non-hydrogen) atoms. The second-order valence-corrected chi connectivity index (χ2v) is 2.40. The number of nitrogens with zero attached hydrogens (tertiary/aromatic N) is 1. The van der Waals surface area contributed by atoms with Crippen LogP contribution in [-0.4, -0.2) is 7.11 Å². The maximum Gasteiger partial charge on any atom is 0.119 e. The summed E-state index contributed by atoms with van der Waals surface area (Å²) in [5.41, 5.74) is 13.4. The molecule has 0 aliphatic carbocycles. The van der Waals surface area contributed by atoms with Crippen molar-refractivity contribution in [1.29, 1.82) is 5.53 Å². The molecule has 0 aromatic heterocycles. The van der Waals surface area contributed by atoms with Gasteiger partial charge in [0.05, 0.1) is 7.11 Å². The first-order valence-corrected chi connectivity index (χ1v) is 3.75. The highest BCUT2D eigenvalue weighted by Gasteiger charge is 1.99. The Morgan fingerprint density at radius 2 is 2.38 bits per heavy atom. The van der Waals surface area contributed by atoms with E-state index in [1.54, 1.807) is 13.2 Å². The van der Waals surface area contributed by atoms with E-state index >= 15 is 0 Å². The van der Waals surface area contributed by atoms with E-state index in [9.17, 15) is 0 Å². The largest absolute Gasteiger partial charge is 0.497 e. The number of nitrogens with two attached hydrogens (primary N) is 1. The van der Waals surface area contributed by atoms with Crippen LogP contribution in [0, 0.1) is 5.53 Å².